The molecule has 0 bridgehead atoms. The van der Waals surface area contributed by atoms with Gasteiger partial charge in [-0.1, -0.05) is 0 Å². The van der Waals surface area contributed by atoms with E-state index in [0.717, 1.165) is 45.3 Å². The number of benzene rings is 1. The molecule has 1 saturated carbocycles. The number of hydrogen-bond donors (Lipinski definition) is 2. The van der Waals surface area contributed by atoms with Crippen molar-refractivity contribution >= 4 is 22.6 Å². The number of aromatic nitrogens is 1. The summed E-state index contributed by atoms with van der Waals surface area (Å²) in [4.78, 5) is 26.5. The second kappa shape index (κ2) is 6.73. The third-order valence-corrected chi connectivity index (χ3v) is 6.54. The molecule has 2 aromatic rings. The third-order valence-electron chi connectivity index (χ3n) is 6.54. The molecule has 1 aromatic heterocycles. The molecule has 7 nitrogen and oxygen atoms in total. The highest BCUT2D eigenvalue weighted by atomic mass is 19.1. The molecular weight excluding hydrogens is 377 g/mol. The molecule has 29 heavy (non-hydrogen) atoms. The molecule has 0 spiro atoms. The van der Waals surface area contributed by atoms with E-state index in [1.807, 2.05) is 0 Å². The van der Waals surface area contributed by atoms with Gasteiger partial charge in [0.05, 0.1) is 18.0 Å². The average Bonchev–Trinajstić information content (AvgIpc) is 3.43. The van der Waals surface area contributed by atoms with Gasteiger partial charge in [0.1, 0.15) is 11.3 Å². The van der Waals surface area contributed by atoms with Crippen LogP contribution in [0.5, 0.6) is 5.75 Å². The first-order valence-electron chi connectivity index (χ1n) is 10.2. The van der Waals surface area contributed by atoms with Crippen molar-refractivity contribution in [1.82, 2.24) is 9.88 Å². The average molecular weight is 401 g/mol. The number of nitrogens with zero attached hydrogens (tertiary/aromatic N) is 2. The lowest BCUT2D eigenvalue weighted by atomic mass is 9.91. The van der Waals surface area contributed by atoms with Crippen LogP contribution in [0.3, 0.4) is 0 Å². The van der Waals surface area contributed by atoms with Gasteiger partial charge in [-0.2, -0.15) is 0 Å². The summed E-state index contributed by atoms with van der Waals surface area (Å²) in [6.07, 6.45) is 5.26. The number of methoxy groups -OCH3 is 1. The summed E-state index contributed by atoms with van der Waals surface area (Å²) >= 11 is 0. The van der Waals surface area contributed by atoms with Crippen molar-refractivity contribution < 1.29 is 19.0 Å². The van der Waals surface area contributed by atoms with E-state index in [-0.39, 0.29) is 23.0 Å². The highest BCUT2D eigenvalue weighted by Crippen LogP contribution is 2.45. The van der Waals surface area contributed by atoms with Gasteiger partial charge in [-0.3, -0.25) is 4.79 Å². The van der Waals surface area contributed by atoms with Gasteiger partial charge in [0.15, 0.2) is 11.6 Å². The molecule has 3 fully saturated rings. The fraction of sp³-hybridized carbons (Fsp3) is 0.524. The van der Waals surface area contributed by atoms with Crippen molar-refractivity contribution in [2.45, 2.75) is 37.8 Å². The minimum atomic E-state index is -1.30. The molecule has 3 aliphatic rings. The number of ether oxygens (including phenoxy) is 1. The Balaban J connectivity index is 1.79. The predicted octanol–water partition coefficient (Wildman–Crippen LogP) is 2.37. The number of fused-ring (bicyclic) bond motifs is 2. The van der Waals surface area contributed by atoms with E-state index in [9.17, 15) is 14.7 Å². The van der Waals surface area contributed by atoms with E-state index in [2.05, 4.69) is 10.2 Å². The maximum Gasteiger partial charge on any atom is 0.341 e. The zero-order valence-corrected chi connectivity index (χ0v) is 16.3. The molecule has 2 saturated heterocycles. The summed E-state index contributed by atoms with van der Waals surface area (Å²) in [6, 6.07) is 1.49. The topological polar surface area (TPSA) is 83.8 Å². The van der Waals surface area contributed by atoms with Crippen LogP contribution in [0.25, 0.3) is 10.9 Å². The van der Waals surface area contributed by atoms with Crippen LogP contribution in [0, 0.1) is 11.7 Å². The summed E-state index contributed by atoms with van der Waals surface area (Å²) in [6.45, 7) is 2.44. The van der Waals surface area contributed by atoms with Gasteiger partial charge in [0.25, 0.3) is 0 Å². The Kier molecular flexibility index (Phi) is 4.27. The van der Waals surface area contributed by atoms with Crippen LogP contribution in [-0.4, -0.2) is 48.4 Å². The number of piperidine rings is 1. The van der Waals surface area contributed by atoms with Crippen molar-refractivity contribution in [3.63, 3.8) is 0 Å². The van der Waals surface area contributed by atoms with E-state index in [1.165, 1.54) is 19.4 Å². The fourth-order valence-electron chi connectivity index (χ4n) is 5.04. The van der Waals surface area contributed by atoms with E-state index < -0.39 is 17.2 Å². The predicted molar refractivity (Wildman–Crippen MR) is 107 cm³/mol. The first-order valence-corrected chi connectivity index (χ1v) is 10.2. The lowest BCUT2D eigenvalue weighted by molar-refractivity contribution is 0.0695. The maximum absolute atomic E-state index is 15.4. The third kappa shape index (κ3) is 2.80. The highest BCUT2D eigenvalue weighted by molar-refractivity contribution is 5.97. The second-order valence-electron chi connectivity index (χ2n) is 8.27. The minimum Gasteiger partial charge on any atom is -0.492 e. The Morgan fingerprint density at radius 1 is 1.31 bits per heavy atom. The first-order chi connectivity index (χ1) is 14.0. The molecule has 1 aromatic carbocycles. The fourth-order valence-corrected chi connectivity index (χ4v) is 5.04. The quantitative estimate of drug-likeness (QED) is 0.819. The molecule has 0 radical (unpaired) electrons. The standard InChI is InChI=1S/C21H24FN3O4/c1-29-20-17-13(19(26)14(21(27)28)10-25(17)12-4-5-12)7-15(22)18(20)24-6-2-3-11-8-23-9-16(11)24/h7,10-12,16,23H,2-6,8-9H2,1H3,(H,27,28)/t11-,16+/m0/s1. The number of hydrogen-bond acceptors (Lipinski definition) is 5. The Morgan fingerprint density at radius 3 is 2.79 bits per heavy atom. The monoisotopic (exact) mass is 401 g/mol. The van der Waals surface area contributed by atoms with Crippen LogP contribution < -0.4 is 20.4 Å². The number of nitrogens with one attached hydrogen (secondary N) is 1. The number of halogens is 1. The largest absolute Gasteiger partial charge is 0.492 e. The molecule has 1 aliphatic carbocycles. The van der Waals surface area contributed by atoms with Gasteiger partial charge in [-0.05, 0) is 37.7 Å². The lowest BCUT2D eigenvalue weighted by Crippen LogP contribution is -2.45. The molecule has 0 unspecified atom stereocenters. The Labute approximate surface area is 167 Å². The Bertz CT molecular complexity index is 1060. The number of carboxylic acid groups (broad SMARTS) is 1. The molecule has 2 aliphatic heterocycles. The van der Waals surface area contributed by atoms with E-state index >= 15 is 4.39 Å². The summed E-state index contributed by atoms with van der Waals surface area (Å²) < 4.78 is 22.9. The molecule has 154 valence electrons. The van der Waals surface area contributed by atoms with Crippen LogP contribution in [0.4, 0.5) is 10.1 Å². The van der Waals surface area contributed by atoms with Gasteiger partial charge in [-0.25, -0.2) is 9.18 Å². The second-order valence-corrected chi connectivity index (χ2v) is 8.27. The number of carboxylic acids is 1. The summed E-state index contributed by atoms with van der Waals surface area (Å²) in [7, 11) is 1.48. The molecule has 3 heterocycles. The van der Waals surface area contributed by atoms with Crippen LogP contribution in [0.1, 0.15) is 42.1 Å². The molecule has 2 N–H and O–H groups in total. The van der Waals surface area contributed by atoms with Gasteiger partial charge in [0, 0.05) is 37.9 Å². The molecule has 8 heteroatoms. The van der Waals surface area contributed by atoms with Gasteiger partial charge in [-0.15, -0.1) is 0 Å². The summed E-state index contributed by atoms with van der Waals surface area (Å²) in [5.74, 6) is -1.05. The van der Waals surface area contributed by atoms with Crippen molar-refractivity contribution in [3.8, 4) is 5.75 Å². The number of carbonyl (C=O) groups is 1. The van der Waals surface area contributed by atoms with E-state index in [1.54, 1.807) is 4.57 Å². The van der Waals surface area contributed by atoms with Crippen molar-refractivity contribution in [2.24, 2.45) is 5.92 Å². The highest BCUT2D eigenvalue weighted by Gasteiger charge is 2.39. The van der Waals surface area contributed by atoms with Crippen LogP contribution in [0.15, 0.2) is 17.1 Å². The number of rotatable bonds is 4. The first kappa shape index (κ1) is 18.4. The van der Waals surface area contributed by atoms with Gasteiger partial charge in [0.2, 0.25) is 5.43 Å². The zero-order chi connectivity index (χ0) is 20.3. The normalized spacial score (nSPS) is 24.0. The molecule has 2 atom stereocenters. The van der Waals surface area contributed by atoms with Crippen LogP contribution >= 0.6 is 0 Å². The molecule has 5 rings (SSSR count). The number of pyridine rings is 1. The number of aromatic carboxylic acids is 1. The smallest absolute Gasteiger partial charge is 0.341 e. The van der Waals surface area contributed by atoms with Crippen LogP contribution in [0.2, 0.25) is 0 Å². The lowest BCUT2D eigenvalue weighted by Gasteiger charge is -2.39. The van der Waals surface area contributed by atoms with Gasteiger partial charge < -0.3 is 24.6 Å². The van der Waals surface area contributed by atoms with E-state index in [0.29, 0.717) is 22.9 Å². The van der Waals surface area contributed by atoms with Crippen molar-refractivity contribution in [3.05, 3.63) is 33.9 Å². The minimum absolute atomic E-state index is 0.0630. The molecular formula is C21H24FN3O4. The SMILES string of the molecule is COc1c(N2CCC[C@H]3CNC[C@H]32)c(F)cc2c(=O)c(C(=O)O)cn(C3CC3)c12. The summed E-state index contributed by atoms with van der Waals surface area (Å²) in [5, 5.41) is 12.9. The summed E-state index contributed by atoms with van der Waals surface area (Å²) in [5.41, 5.74) is -0.131. The maximum atomic E-state index is 15.4. The van der Waals surface area contributed by atoms with Crippen molar-refractivity contribution in [2.75, 3.05) is 31.6 Å². The molecule has 0 amide bonds. The van der Waals surface area contributed by atoms with E-state index in [4.69, 9.17) is 4.74 Å². The van der Waals surface area contributed by atoms with Crippen LogP contribution in [-0.2, 0) is 0 Å². The zero-order valence-electron chi connectivity index (χ0n) is 16.3. The van der Waals surface area contributed by atoms with Crippen molar-refractivity contribution in [1.29, 1.82) is 0 Å². The Hall–Kier alpha value is -2.61. The Morgan fingerprint density at radius 2 is 2.10 bits per heavy atom. The number of anilines is 1. The van der Waals surface area contributed by atoms with Gasteiger partial charge >= 0.3 is 5.97 Å².